The molecule has 1 aliphatic rings. The van der Waals surface area contributed by atoms with E-state index < -0.39 is 12.0 Å². The maximum absolute atomic E-state index is 11.7. The number of hydrogen-bond acceptors (Lipinski definition) is 5. The number of aliphatic carboxylic acids is 1. The fraction of sp³-hybridized carbons (Fsp3) is 0.316. The van der Waals surface area contributed by atoms with E-state index in [1.807, 2.05) is 35.2 Å². The Morgan fingerprint density at radius 2 is 2.12 bits per heavy atom. The number of aryl methyl sites for hydroxylation is 1. The summed E-state index contributed by atoms with van der Waals surface area (Å²) in [5.74, 6) is 0.629. The molecular weight excluding hydrogens is 334 g/mol. The third-order valence-electron chi connectivity index (χ3n) is 4.61. The summed E-state index contributed by atoms with van der Waals surface area (Å²) in [6, 6.07) is 11.5. The van der Waals surface area contributed by atoms with Crippen molar-refractivity contribution in [3.63, 3.8) is 0 Å². The van der Waals surface area contributed by atoms with Crippen molar-refractivity contribution in [2.24, 2.45) is 0 Å². The minimum absolute atomic E-state index is 0.508. The quantitative estimate of drug-likeness (QED) is 0.769. The lowest BCUT2D eigenvalue weighted by Crippen LogP contribution is -2.36. The number of carboxylic acids is 1. The second kappa shape index (κ2) is 6.44. The molecule has 1 unspecified atom stereocenters. The lowest BCUT2D eigenvalue weighted by molar-refractivity contribution is -0.138. The van der Waals surface area contributed by atoms with Crippen LogP contribution in [0.15, 0.2) is 36.4 Å². The van der Waals surface area contributed by atoms with Crippen molar-refractivity contribution >= 4 is 33.3 Å². The molecule has 3 heterocycles. The Morgan fingerprint density at radius 3 is 2.84 bits per heavy atom. The zero-order chi connectivity index (χ0) is 17.4. The molecule has 3 aromatic rings. The fourth-order valence-corrected chi connectivity index (χ4v) is 4.30. The number of carboxylic acid groups (broad SMARTS) is 1. The number of anilines is 1. The largest absolute Gasteiger partial charge is 0.480 e. The molecule has 1 aromatic carbocycles. The predicted octanol–water partition coefficient (Wildman–Crippen LogP) is 3.97. The monoisotopic (exact) mass is 353 g/mol. The highest BCUT2D eigenvalue weighted by molar-refractivity contribution is 7.18. The number of rotatable bonds is 4. The van der Waals surface area contributed by atoms with Crippen LogP contribution in [0.4, 0.5) is 5.82 Å². The van der Waals surface area contributed by atoms with Gasteiger partial charge in [0.05, 0.1) is 5.39 Å². The maximum Gasteiger partial charge on any atom is 0.326 e. The summed E-state index contributed by atoms with van der Waals surface area (Å²) in [5, 5.41) is 10.5. The van der Waals surface area contributed by atoms with E-state index in [1.54, 1.807) is 11.3 Å². The van der Waals surface area contributed by atoms with E-state index in [0.717, 1.165) is 34.4 Å². The molecule has 5 nitrogen and oxygen atoms in total. The van der Waals surface area contributed by atoms with Gasteiger partial charge in [-0.3, -0.25) is 0 Å². The van der Waals surface area contributed by atoms with Gasteiger partial charge >= 0.3 is 5.97 Å². The minimum Gasteiger partial charge on any atom is -0.480 e. The molecule has 0 amide bonds. The third-order valence-corrected chi connectivity index (χ3v) is 5.79. The van der Waals surface area contributed by atoms with E-state index in [0.29, 0.717) is 18.8 Å². The van der Waals surface area contributed by atoms with Gasteiger partial charge in [0, 0.05) is 17.0 Å². The Kier molecular flexibility index (Phi) is 4.13. The average Bonchev–Trinajstić information content (AvgIpc) is 3.28. The zero-order valence-corrected chi connectivity index (χ0v) is 14.8. The predicted molar refractivity (Wildman–Crippen MR) is 100 cm³/mol. The molecule has 4 rings (SSSR count). The van der Waals surface area contributed by atoms with E-state index in [2.05, 4.69) is 13.0 Å². The van der Waals surface area contributed by atoms with Crippen LogP contribution in [0.2, 0.25) is 0 Å². The summed E-state index contributed by atoms with van der Waals surface area (Å²) >= 11 is 1.66. The molecule has 1 N–H and O–H groups in total. The average molecular weight is 353 g/mol. The van der Waals surface area contributed by atoms with Crippen LogP contribution in [0, 0.1) is 0 Å². The first-order chi connectivity index (χ1) is 12.2. The summed E-state index contributed by atoms with van der Waals surface area (Å²) in [6.07, 6.45) is 2.46. The molecule has 25 heavy (non-hydrogen) atoms. The summed E-state index contributed by atoms with van der Waals surface area (Å²) in [4.78, 5) is 25.3. The van der Waals surface area contributed by atoms with Gasteiger partial charge in [0.25, 0.3) is 0 Å². The second-order valence-corrected chi connectivity index (χ2v) is 7.33. The Balaban J connectivity index is 1.91. The van der Waals surface area contributed by atoms with Gasteiger partial charge in [-0.25, -0.2) is 14.8 Å². The number of benzene rings is 1. The molecule has 128 valence electrons. The Morgan fingerprint density at radius 1 is 1.32 bits per heavy atom. The van der Waals surface area contributed by atoms with Crippen LogP contribution in [0.3, 0.4) is 0 Å². The van der Waals surface area contributed by atoms with Crippen LogP contribution in [-0.2, 0) is 11.2 Å². The van der Waals surface area contributed by atoms with Crippen molar-refractivity contribution in [1.82, 2.24) is 9.97 Å². The Bertz CT molecular complexity index is 923. The van der Waals surface area contributed by atoms with Crippen LogP contribution in [-0.4, -0.2) is 33.6 Å². The molecule has 0 saturated carbocycles. The lowest BCUT2D eigenvalue weighted by atomic mass is 10.2. The van der Waals surface area contributed by atoms with Crippen LogP contribution in [0.5, 0.6) is 0 Å². The minimum atomic E-state index is -0.781. The van der Waals surface area contributed by atoms with Crippen LogP contribution < -0.4 is 4.90 Å². The van der Waals surface area contributed by atoms with Gasteiger partial charge in [-0.1, -0.05) is 37.3 Å². The van der Waals surface area contributed by atoms with Gasteiger partial charge in [0.15, 0.2) is 5.82 Å². The molecule has 0 spiro atoms. The highest BCUT2D eigenvalue weighted by Gasteiger charge is 2.33. The van der Waals surface area contributed by atoms with Crippen LogP contribution >= 0.6 is 11.3 Å². The smallest absolute Gasteiger partial charge is 0.326 e. The number of carbonyl (C=O) groups is 1. The summed E-state index contributed by atoms with van der Waals surface area (Å²) in [7, 11) is 0. The van der Waals surface area contributed by atoms with Gasteiger partial charge < -0.3 is 10.0 Å². The molecule has 1 fully saturated rings. The highest BCUT2D eigenvalue weighted by Crippen LogP contribution is 2.36. The molecule has 0 bridgehead atoms. The van der Waals surface area contributed by atoms with Crippen LogP contribution in [0.25, 0.3) is 21.6 Å². The van der Waals surface area contributed by atoms with Crippen LogP contribution in [0.1, 0.15) is 24.6 Å². The Labute approximate surface area is 150 Å². The molecule has 0 aliphatic carbocycles. The van der Waals surface area contributed by atoms with E-state index in [-0.39, 0.29) is 0 Å². The fourth-order valence-electron chi connectivity index (χ4n) is 3.34. The maximum atomic E-state index is 11.7. The molecular formula is C19H19N3O2S. The lowest BCUT2D eigenvalue weighted by Gasteiger charge is -2.23. The number of fused-ring (bicyclic) bond motifs is 1. The van der Waals surface area contributed by atoms with E-state index in [4.69, 9.17) is 9.97 Å². The summed E-state index contributed by atoms with van der Waals surface area (Å²) in [5.41, 5.74) is 0.947. The van der Waals surface area contributed by atoms with Crippen molar-refractivity contribution in [1.29, 1.82) is 0 Å². The zero-order valence-electron chi connectivity index (χ0n) is 14.0. The van der Waals surface area contributed by atoms with Crippen molar-refractivity contribution in [2.45, 2.75) is 32.2 Å². The normalized spacial score (nSPS) is 17.3. The van der Waals surface area contributed by atoms with Crippen molar-refractivity contribution in [3.8, 4) is 11.4 Å². The number of thiophene rings is 1. The molecule has 1 atom stereocenters. The highest BCUT2D eigenvalue weighted by atomic mass is 32.1. The standard InChI is InChI=1S/C19H19N3O2S/c1-2-13-11-14-17(22-10-6-9-15(22)19(23)24)20-16(21-18(14)25-13)12-7-4-3-5-8-12/h3-5,7-8,11,15H,2,6,9-10H2,1H3,(H,23,24). The van der Waals surface area contributed by atoms with Gasteiger partial charge in [-0.05, 0) is 25.3 Å². The van der Waals surface area contributed by atoms with Gasteiger partial charge in [0.2, 0.25) is 0 Å². The third kappa shape index (κ3) is 2.87. The number of nitrogens with zero attached hydrogens (tertiary/aromatic N) is 3. The summed E-state index contributed by atoms with van der Waals surface area (Å²) < 4.78 is 0. The topological polar surface area (TPSA) is 66.3 Å². The first-order valence-corrected chi connectivity index (χ1v) is 9.34. The van der Waals surface area contributed by atoms with E-state index in [9.17, 15) is 9.90 Å². The van der Waals surface area contributed by atoms with Crippen molar-refractivity contribution < 1.29 is 9.90 Å². The van der Waals surface area contributed by atoms with Gasteiger partial charge in [-0.15, -0.1) is 11.3 Å². The van der Waals surface area contributed by atoms with E-state index >= 15 is 0 Å². The van der Waals surface area contributed by atoms with Gasteiger partial charge in [0.1, 0.15) is 16.7 Å². The molecule has 6 heteroatoms. The number of hydrogen-bond donors (Lipinski definition) is 1. The van der Waals surface area contributed by atoms with Crippen molar-refractivity contribution in [2.75, 3.05) is 11.4 Å². The first-order valence-electron chi connectivity index (χ1n) is 8.52. The van der Waals surface area contributed by atoms with Crippen molar-refractivity contribution in [3.05, 3.63) is 41.3 Å². The molecule has 0 radical (unpaired) electrons. The molecule has 2 aromatic heterocycles. The molecule has 1 saturated heterocycles. The molecule has 1 aliphatic heterocycles. The summed E-state index contributed by atoms with van der Waals surface area (Å²) in [6.45, 7) is 2.83. The van der Waals surface area contributed by atoms with E-state index in [1.165, 1.54) is 4.88 Å². The first kappa shape index (κ1) is 16.0. The number of aromatic nitrogens is 2. The Hall–Kier alpha value is -2.47. The SMILES string of the molecule is CCc1cc2c(N3CCCC3C(=O)O)nc(-c3ccccc3)nc2s1. The second-order valence-electron chi connectivity index (χ2n) is 6.21. The van der Waals surface area contributed by atoms with Gasteiger partial charge in [-0.2, -0.15) is 0 Å².